The van der Waals surface area contributed by atoms with Crippen LogP contribution >= 0.6 is 35.0 Å². The second kappa shape index (κ2) is 5.61. The average Bonchev–Trinajstić information content (AvgIpc) is 2.41. The molecule has 2 aliphatic heterocycles. The van der Waals surface area contributed by atoms with Gasteiger partial charge in [-0.3, -0.25) is 4.99 Å². The van der Waals surface area contributed by atoms with Gasteiger partial charge in [-0.1, -0.05) is 41.4 Å². The van der Waals surface area contributed by atoms with Crippen LogP contribution in [0.2, 0.25) is 0 Å². The number of allylic oxidation sites excluding steroid dienone is 2. The predicted octanol–water partition coefficient (Wildman–Crippen LogP) is 4.43. The van der Waals surface area contributed by atoms with Crippen molar-refractivity contribution in [1.29, 1.82) is 0 Å². The van der Waals surface area contributed by atoms with E-state index in [1.54, 1.807) is 6.08 Å². The summed E-state index contributed by atoms with van der Waals surface area (Å²) in [6, 6.07) is 10.3. The van der Waals surface area contributed by atoms with Crippen LogP contribution < -0.4 is 0 Å². The molecule has 1 unspecified atom stereocenters. The predicted molar refractivity (Wildman–Crippen MR) is 82.7 cm³/mol. The van der Waals surface area contributed by atoms with E-state index in [1.807, 2.05) is 36.2 Å². The fraction of sp³-hybridized carbons (Fsp3) is 0.214. The van der Waals surface area contributed by atoms with E-state index >= 15 is 0 Å². The molecule has 0 radical (unpaired) electrons. The second-order valence-corrected chi connectivity index (χ2v) is 6.39. The average molecular weight is 311 g/mol. The van der Waals surface area contributed by atoms with E-state index in [4.69, 9.17) is 23.2 Å². The highest BCUT2D eigenvalue weighted by molar-refractivity contribution is 7.99. The number of nitrogens with zero attached hydrogens (tertiary/aromatic N) is 2. The maximum atomic E-state index is 6.21. The smallest absolute Gasteiger partial charge is 0.147 e. The quantitative estimate of drug-likeness (QED) is 0.803. The number of amidine groups is 1. The highest BCUT2D eigenvalue weighted by Gasteiger charge is 2.29. The van der Waals surface area contributed by atoms with Crippen LogP contribution in [-0.2, 0) is 0 Å². The van der Waals surface area contributed by atoms with Gasteiger partial charge in [-0.2, -0.15) is 0 Å². The third kappa shape index (κ3) is 2.83. The lowest BCUT2D eigenvalue weighted by molar-refractivity contribution is 0.468. The lowest BCUT2D eigenvalue weighted by Gasteiger charge is -2.35. The first-order valence-corrected chi connectivity index (χ1v) is 7.67. The molecule has 1 aromatic rings. The van der Waals surface area contributed by atoms with Gasteiger partial charge in [0.15, 0.2) is 0 Å². The lowest BCUT2D eigenvalue weighted by atomic mass is 10.2. The molecular formula is C14H12Cl2N2S. The molecule has 0 amide bonds. The standard InChI is InChI=1S/C14H12Cl2N2S/c15-10-8-12(16)14-17-7-6-13(18(14)9-10)19-11-4-2-1-3-5-11/h1-5,8-9,13H,6-7H2. The summed E-state index contributed by atoms with van der Waals surface area (Å²) in [6.45, 7) is 0.797. The summed E-state index contributed by atoms with van der Waals surface area (Å²) in [7, 11) is 0. The number of hydrogen-bond acceptors (Lipinski definition) is 3. The van der Waals surface area contributed by atoms with Gasteiger partial charge < -0.3 is 4.90 Å². The van der Waals surface area contributed by atoms with Crippen molar-refractivity contribution in [2.45, 2.75) is 16.7 Å². The highest BCUT2D eigenvalue weighted by Crippen LogP contribution is 2.35. The highest BCUT2D eigenvalue weighted by atomic mass is 35.5. The maximum Gasteiger partial charge on any atom is 0.147 e. The summed E-state index contributed by atoms with van der Waals surface area (Å²) in [4.78, 5) is 7.80. The first-order valence-electron chi connectivity index (χ1n) is 6.03. The van der Waals surface area contributed by atoms with Gasteiger partial charge in [-0.15, -0.1) is 11.8 Å². The van der Waals surface area contributed by atoms with Crippen molar-refractivity contribution in [3.05, 3.63) is 52.7 Å². The van der Waals surface area contributed by atoms with Gasteiger partial charge >= 0.3 is 0 Å². The zero-order chi connectivity index (χ0) is 13.2. The van der Waals surface area contributed by atoms with E-state index < -0.39 is 0 Å². The Labute approximate surface area is 126 Å². The normalized spacial score (nSPS) is 22.3. The first-order chi connectivity index (χ1) is 9.24. The molecule has 2 aliphatic rings. The molecule has 0 fully saturated rings. The Balaban J connectivity index is 1.85. The van der Waals surface area contributed by atoms with Gasteiger partial charge in [0.25, 0.3) is 0 Å². The number of thioether (sulfide) groups is 1. The fourth-order valence-electron chi connectivity index (χ4n) is 2.11. The topological polar surface area (TPSA) is 15.6 Å². The summed E-state index contributed by atoms with van der Waals surface area (Å²) < 4.78 is 0. The zero-order valence-corrected chi connectivity index (χ0v) is 12.4. The number of hydrogen-bond donors (Lipinski definition) is 0. The molecule has 19 heavy (non-hydrogen) atoms. The molecule has 1 atom stereocenters. The van der Waals surface area contributed by atoms with Crippen molar-refractivity contribution >= 4 is 40.8 Å². The summed E-state index contributed by atoms with van der Waals surface area (Å²) >= 11 is 14.1. The largest absolute Gasteiger partial charge is 0.318 e. The number of rotatable bonds is 2. The summed E-state index contributed by atoms with van der Waals surface area (Å²) in [5.41, 5.74) is 0. The number of aliphatic imine (C=N–C) groups is 1. The molecule has 5 heteroatoms. The zero-order valence-electron chi connectivity index (χ0n) is 10.1. The SMILES string of the molecule is ClC1=CN2C(=NCCC2Sc2ccccc2)C(Cl)=C1. The van der Waals surface area contributed by atoms with Crippen LogP contribution in [0.1, 0.15) is 6.42 Å². The Morgan fingerprint density at radius 3 is 2.79 bits per heavy atom. The lowest BCUT2D eigenvalue weighted by Crippen LogP contribution is -2.39. The minimum absolute atomic E-state index is 0.283. The number of fused-ring (bicyclic) bond motifs is 1. The third-order valence-corrected chi connectivity index (χ3v) is 4.71. The van der Waals surface area contributed by atoms with E-state index in [9.17, 15) is 0 Å². The van der Waals surface area contributed by atoms with Crippen molar-refractivity contribution in [2.75, 3.05) is 6.54 Å². The Morgan fingerprint density at radius 1 is 1.21 bits per heavy atom. The molecule has 0 saturated carbocycles. The van der Waals surface area contributed by atoms with Crippen LogP contribution in [0, 0.1) is 0 Å². The summed E-state index contributed by atoms with van der Waals surface area (Å²) in [5.74, 6) is 0.825. The van der Waals surface area contributed by atoms with E-state index in [0.717, 1.165) is 18.8 Å². The minimum atomic E-state index is 0.283. The molecular weight excluding hydrogens is 299 g/mol. The molecule has 0 bridgehead atoms. The molecule has 2 heterocycles. The summed E-state index contributed by atoms with van der Waals surface area (Å²) in [5, 5.41) is 1.54. The third-order valence-electron chi connectivity index (χ3n) is 2.95. The van der Waals surface area contributed by atoms with Crippen LogP contribution in [0.5, 0.6) is 0 Å². The van der Waals surface area contributed by atoms with Crippen LogP contribution in [0.4, 0.5) is 0 Å². The van der Waals surface area contributed by atoms with Crippen molar-refractivity contribution in [3.63, 3.8) is 0 Å². The van der Waals surface area contributed by atoms with Crippen LogP contribution in [0.3, 0.4) is 0 Å². The van der Waals surface area contributed by atoms with Crippen molar-refractivity contribution < 1.29 is 0 Å². The van der Waals surface area contributed by atoms with E-state index in [-0.39, 0.29) is 5.37 Å². The van der Waals surface area contributed by atoms with Gasteiger partial charge in [0.1, 0.15) is 5.84 Å². The van der Waals surface area contributed by atoms with Gasteiger partial charge in [0, 0.05) is 17.6 Å². The minimum Gasteiger partial charge on any atom is -0.318 e. The van der Waals surface area contributed by atoms with Crippen LogP contribution in [0.15, 0.2) is 62.6 Å². The fourth-order valence-corrected chi connectivity index (χ4v) is 3.78. The van der Waals surface area contributed by atoms with Crippen LogP contribution in [0.25, 0.3) is 0 Å². The van der Waals surface area contributed by atoms with Gasteiger partial charge in [0.05, 0.1) is 15.4 Å². The second-order valence-electron chi connectivity index (χ2n) is 4.29. The molecule has 0 N–H and O–H groups in total. The Kier molecular flexibility index (Phi) is 3.87. The number of benzene rings is 1. The molecule has 0 saturated heterocycles. The van der Waals surface area contributed by atoms with Gasteiger partial charge in [0.2, 0.25) is 0 Å². The van der Waals surface area contributed by atoms with Crippen molar-refractivity contribution in [3.8, 4) is 0 Å². The van der Waals surface area contributed by atoms with E-state index in [1.165, 1.54) is 4.90 Å². The van der Waals surface area contributed by atoms with Crippen LogP contribution in [-0.4, -0.2) is 22.7 Å². The van der Waals surface area contributed by atoms with E-state index in [0.29, 0.717) is 10.1 Å². The number of halogens is 2. The Bertz CT molecular complexity index is 566. The monoisotopic (exact) mass is 310 g/mol. The molecule has 0 aromatic heterocycles. The van der Waals surface area contributed by atoms with Gasteiger partial charge in [-0.05, 0) is 24.6 Å². The van der Waals surface area contributed by atoms with Crippen molar-refractivity contribution in [2.24, 2.45) is 4.99 Å². The molecule has 2 nitrogen and oxygen atoms in total. The summed E-state index contributed by atoms with van der Waals surface area (Å²) in [6.07, 6.45) is 4.63. The molecule has 0 aliphatic carbocycles. The van der Waals surface area contributed by atoms with Gasteiger partial charge in [-0.25, -0.2) is 0 Å². The van der Waals surface area contributed by atoms with E-state index in [2.05, 4.69) is 22.0 Å². The molecule has 0 spiro atoms. The Morgan fingerprint density at radius 2 is 2.00 bits per heavy atom. The van der Waals surface area contributed by atoms with Crippen molar-refractivity contribution in [1.82, 2.24) is 4.90 Å². The molecule has 1 aromatic carbocycles. The molecule has 3 rings (SSSR count). The first kappa shape index (κ1) is 13.1. The molecule has 98 valence electrons. The maximum absolute atomic E-state index is 6.21. The Hall–Kier alpha value is -0.900.